The highest BCUT2D eigenvalue weighted by atomic mass is 15.3. The van der Waals surface area contributed by atoms with E-state index in [1.54, 1.807) is 12.7 Å². The number of hydrogen-bond acceptors (Lipinski definition) is 7. The maximum atomic E-state index is 5.08. The van der Waals surface area contributed by atoms with E-state index in [4.69, 9.17) is 19.9 Å². The van der Waals surface area contributed by atoms with Crippen LogP contribution < -0.4 is 4.90 Å². The fraction of sp³-hybridized carbons (Fsp3) is 0. The lowest BCUT2D eigenvalue weighted by molar-refractivity contribution is 0.946. The zero-order valence-corrected chi connectivity index (χ0v) is 28.7. The van der Waals surface area contributed by atoms with E-state index in [2.05, 4.69) is 110 Å². The Balaban J connectivity index is 1.23. The van der Waals surface area contributed by atoms with E-state index < -0.39 is 0 Å². The molecular weight excluding hydrogens is 665 g/mol. The Kier molecular flexibility index (Phi) is 6.69. The summed E-state index contributed by atoms with van der Waals surface area (Å²) in [6.07, 6.45) is 3.19. The van der Waals surface area contributed by atoms with Gasteiger partial charge in [-0.1, -0.05) is 127 Å². The number of nitrogens with zero attached hydrogens (tertiary/aromatic N) is 8. The second kappa shape index (κ2) is 12.0. The van der Waals surface area contributed by atoms with E-state index in [9.17, 15) is 0 Å². The normalized spacial score (nSPS) is 12.0. The molecule has 0 aliphatic carbocycles. The summed E-state index contributed by atoms with van der Waals surface area (Å²) in [4.78, 5) is 31.0. The Morgan fingerprint density at radius 2 is 1.00 bits per heavy atom. The topological polar surface area (TPSA) is 85.5 Å². The number of benzene rings is 7. The lowest BCUT2D eigenvalue weighted by Gasteiger charge is -2.32. The average Bonchev–Trinajstić information content (AvgIpc) is 3.57. The summed E-state index contributed by atoms with van der Waals surface area (Å²) in [7, 11) is 0. The van der Waals surface area contributed by atoms with E-state index in [-0.39, 0.29) is 0 Å². The second-order valence-electron chi connectivity index (χ2n) is 13.3. The van der Waals surface area contributed by atoms with Crippen molar-refractivity contribution in [1.82, 2.24) is 34.5 Å². The Morgan fingerprint density at radius 3 is 1.70 bits per heavy atom. The molecule has 1 aliphatic rings. The van der Waals surface area contributed by atoms with Gasteiger partial charge in [0.2, 0.25) is 11.9 Å². The lowest BCUT2D eigenvalue weighted by atomic mass is 9.90. The van der Waals surface area contributed by atoms with Crippen LogP contribution in [0.3, 0.4) is 0 Å². The van der Waals surface area contributed by atoms with Gasteiger partial charge >= 0.3 is 0 Å². The molecule has 11 rings (SSSR count). The van der Waals surface area contributed by atoms with Crippen LogP contribution >= 0.6 is 0 Å². The van der Waals surface area contributed by atoms with Crippen molar-refractivity contribution in [3.8, 4) is 51.0 Å². The molecule has 1 aliphatic heterocycles. The maximum Gasteiger partial charge on any atom is 0.238 e. The minimum Gasteiger partial charge on any atom is -0.278 e. The predicted octanol–water partition coefficient (Wildman–Crippen LogP) is 10.8. The highest BCUT2D eigenvalue weighted by molar-refractivity contribution is 6.19. The van der Waals surface area contributed by atoms with Crippen LogP contribution in [0.15, 0.2) is 170 Å². The third-order valence-corrected chi connectivity index (χ3v) is 10.2. The van der Waals surface area contributed by atoms with Gasteiger partial charge in [0.1, 0.15) is 12.7 Å². The van der Waals surface area contributed by atoms with Crippen molar-refractivity contribution in [3.05, 3.63) is 170 Å². The third-order valence-electron chi connectivity index (χ3n) is 10.2. The van der Waals surface area contributed by atoms with Crippen LogP contribution in [0.4, 0.5) is 17.3 Å². The van der Waals surface area contributed by atoms with Crippen molar-refractivity contribution >= 4 is 49.9 Å². The summed E-state index contributed by atoms with van der Waals surface area (Å²) < 4.78 is 2.15. The average molecular weight is 693 g/mol. The van der Waals surface area contributed by atoms with Crippen LogP contribution in [0.25, 0.3) is 83.6 Å². The first-order valence-electron chi connectivity index (χ1n) is 17.8. The van der Waals surface area contributed by atoms with Crippen LogP contribution in [0, 0.1) is 0 Å². The third kappa shape index (κ3) is 4.70. The van der Waals surface area contributed by atoms with E-state index in [0.717, 1.165) is 77.3 Å². The summed E-state index contributed by atoms with van der Waals surface area (Å²) >= 11 is 0. The zero-order valence-electron chi connectivity index (χ0n) is 28.7. The van der Waals surface area contributed by atoms with Gasteiger partial charge in [-0.2, -0.15) is 9.97 Å². The highest BCUT2D eigenvalue weighted by Gasteiger charge is 2.30. The quantitative estimate of drug-likeness (QED) is 0.177. The van der Waals surface area contributed by atoms with Gasteiger partial charge in [-0.3, -0.25) is 9.47 Å². The number of anilines is 3. The molecule has 8 nitrogen and oxygen atoms in total. The van der Waals surface area contributed by atoms with Gasteiger partial charge in [0.15, 0.2) is 11.6 Å². The second-order valence-corrected chi connectivity index (χ2v) is 13.3. The van der Waals surface area contributed by atoms with Gasteiger partial charge in [-0.25, -0.2) is 19.9 Å². The smallest absolute Gasteiger partial charge is 0.238 e. The van der Waals surface area contributed by atoms with Crippen LogP contribution in [0.1, 0.15) is 0 Å². The number of hydrogen-bond donors (Lipinski definition) is 0. The van der Waals surface area contributed by atoms with Crippen LogP contribution in [0.2, 0.25) is 0 Å². The molecule has 0 fully saturated rings. The lowest BCUT2D eigenvalue weighted by Crippen LogP contribution is -2.18. The summed E-state index contributed by atoms with van der Waals surface area (Å²) in [5, 5.41) is 4.47. The molecule has 54 heavy (non-hydrogen) atoms. The van der Waals surface area contributed by atoms with Gasteiger partial charge in [0.05, 0.1) is 22.4 Å². The van der Waals surface area contributed by atoms with Crippen molar-refractivity contribution in [2.45, 2.75) is 0 Å². The van der Waals surface area contributed by atoms with Crippen molar-refractivity contribution in [3.63, 3.8) is 0 Å². The Hall–Kier alpha value is -7.58. The minimum absolute atomic E-state index is 0.534. The maximum absolute atomic E-state index is 5.08. The SMILES string of the molecule is c1ccc(-c2ccc3c(c2)c2cc4c(cc2n3-c2ncnc(-c3ccccc3)n2)N(c2ncnc(-c3ccccc3)n2)c2cccc3cccc-4c23)cc1. The first-order chi connectivity index (χ1) is 26.8. The molecule has 0 atom stereocenters. The van der Waals surface area contributed by atoms with E-state index in [1.807, 2.05) is 66.7 Å². The van der Waals surface area contributed by atoms with Gasteiger partial charge in [0.25, 0.3) is 0 Å². The van der Waals surface area contributed by atoms with Crippen LogP contribution in [-0.2, 0) is 0 Å². The molecule has 0 spiro atoms. The molecule has 0 unspecified atom stereocenters. The largest absolute Gasteiger partial charge is 0.278 e. The van der Waals surface area contributed by atoms with Crippen molar-refractivity contribution in [2.24, 2.45) is 0 Å². The van der Waals surface area contributed by atoms with Crippen molar-refractivity contribution < 1.29 is 0 Å². The number of aromatic nitrogens is 7. The molecule has 8 heteroatoms. The molecule has 0 bridgehead atoms. The molecule has 252 valence electrons. The molecule has 0 radical (unpaired) electrons. The molecular formula is C46H28N8. The molecule has 3 aromatic heterocycles. The standard InChI is InChI=1S/C46H28N8/c1-4-12-29(13-5-1)33-22-23-38-35(24-33)37-25-36-34-20-10-18-30-19-11-21-39(42(30)34)54(46-50-28-48-44(52-46)32-16-8-3-9-17-32)40(36)26-41(37)53(38)45-49-27-47-43(51-45)31-14-6-2-7-15-31/h1-28H. The summed E-state index contributed by atoms with van der Waals surface area (Å²) in [6, 6.07) is 54.6. The fourth-order valence-electron chi connectivity index (χ4n) is 7.80. The van der Waals surface area contributed by atoms with E-state index >= 15 is 0 Å². The first kappa shape index (κ1) is 30.1. The Bertz CT molecular complexity index is 3050. The molecule has 0 saturated heterocycles. The van der Waals surface area contributed by atoms with Gasteiger partial charge in [-0.05, 0) is 52.4 Å². The van der Waals surface area contributed by atoms with Gasteiger partial charge in [0, 0.05) is 32.8 Å². The summed E-state index contributed by atoms with van der Waals surface area (Å²) in [6.45, 7) is 0. The van der Waals surface area contributed by atoms with Crippen molar-refractivity contribution in [1.29, 1.82) is 0 Å². The summed E-state index contributed by atoms with van der Waals surface area (Å²) in [5.41, 5.74) is 10.3. The predicted molar refractivity (Wildman–Crippen MR) is 215 cm³/mol. The molecule has 10 aromatic rings. The highest BCUT2D eigenvalue weighted by Crippen LogP contribution is 2.52. The molecule has 0 saturated carbocycles. The number of rotatable bonds is 5. The summed E-state index contributed by atoms with van der Waals surface area (Å²) in [5.74, 6) is 2.28. The van der Waals surface area contributed by atoms with E-state index in [0.29, 0.717) is 23.5 Å². The van der Waals surface area contributed by atoms with Gasteiger partial charge in [-0.15, -0.1) is 0 Å². The first-order valence-corrected chi connectivity index (χ1v) is 17.8. The molecule has 7 aromatic carbocycles. The number of fused-ring (bicyclic) bond motifs is 5. The Morgan fingerprint density at radius 1 is 0.389 bits per heavy atom. The molecule has 0 N–H and O–H groups in total. The van der Waals surface area contributed by atoms with Crippen LogP contribution in [0.5, 0.6) is 0 Å². The van der Waals surface area contributed by atoms with Crippen molar-refractivity contribution in [2.75, 3.05) is 4.90 Å². The fourth-order valence-corrected chi connectivity index (χ4v) is 7.80. The van der Waals surface area contributed by atoms with E-state index in [1.165, 1.54) is 0 Å². The molecule has 4 heterocycles. The van der Waals surface area contributed by atoms with Crippen LogP contribution in [-0.4, -0.2) is 34.5 Å². The Labute approximate surface area is 309 Å². The minimum atomic E-state index is 0.534. The monoisotopic (exact) mass is 692 g/mol. The zero-order chi connectivity index (χ0) is 35.6. The van der Waals surface area contributed by atoms with Gasteiger partial charge < -0.3 is 0 Å². The molecule has 0 amide bonds.